The van der Waals surface area contributed by atoms with Crippen LogP contribution < -0.4 is 0 Å². The number of hydrogen-bond acceptors (Lipinski definition) is 3. The van der Waals surface area contributed by atoms with Gasteiger partial charge in [-0.25, -0.2) is 4.79 Å². The molecule has 5 nitrogen and oxygen atoms in total. The number of nitrogens with zero attached hydrogens (tertiary/aromatic N) is 3. The molecule has 0 spiro atoms. The number of aromatic nitrogens is 3. The third-order valence-corrected chi connectivity index (χ3v) is 2.70. The first-order chi connectivity index (χ1) is 8.18. The second-order valence-corrected chi connectivity index (χ2v) is 3.78. The van der Waals surface area contributed by atoms with Crippen LogP contribution >= 0.6 is 0 Å². The van der Waals surface area contributed by atoms with Crippen LogP contribution in [0.3, 0.4) is 0 Å². The minimum absolute atomic E-state index is 0.264. The summed E-state index contributed by atoms with van der Waals surface area (Å²) in [7, 11) is 0. The average molecular weight is 231 g/mol. The number of aryl methyl sites for hydroxylation is 2. The predicted molar refractivity (Wildman–Crippen MR) is 61.9 cm³/mol. The summed E-state index contributed by atoms with van der Waals surface area (Å²) in [4.78, 5) is 14.8. The van der Waals surface area contributed by atoms with Crippen molar-refractivity contribution in [3.63, 3.8) is 0 Å². The van der Waals surface area contributed by atoms with Gasteiger partial charge in [0.05, 0.1) is 6.20 Å². The molecule has 0 aromatic carbocycles. The number of rotatable bonds is 4. The molecule has 0 amide bonds. The van der Waals surface area contributed by atoms with Gasteiger partial charge in [0.25, 0.3) is 0 Å². The number of pyridine rings is 1. The number of carboxylic acid groups (broad SMARTS) is 1. The molecule has 17 heavy (non-hydrogen) atoms. The van der Waals surface area contributed by atoms with E-state index in [0.29, 0.717) is 12.2 Å². The van der Waals surface area contributed by atoms with Crippen LogP contribution in [0.25, 0.3) is 0 Å². The molecular weight excluding hydrogens is 218 g/mol. The Morgan fingerprint density at radius 3 is 2.71 bits per heavy atom. The molecule has 0 saturated heterocycles. The van der Waals surface area contributed by atoms with E-state index in [1.54, 1.807) is 24.0 Å². The second-order valence-electron chi connectivity index (χ2n) is 3.78. The summed E-state index contributed by atoms with van der Waals surface area (Å²) < 4.78 is 1.71. The maximum Gasteiger partial charge on any atom is 0.339 e. The fourth-order valence-corrected chi connectivity index (χ4v) is 1.67. The zero-order chi connectivity index (χ0) is 12.3. The van der Waals surface area contributed by atoms with E-state index in [2.05, 4.69) is 10.1 Å². The summed E-state index contributed by atoms with van der Waals surface area (Å²) in [5, 5.41) is 13.0. The zero-order valence-electron chi connectivity index (χ0n) is 9.50. The zero-order valence-corrected chi connectivity index (χ0v) is 9.50. The molecular formula is C12H13N3O2. The van der Waals surface area contributed by atoms with Gasteiger partial charge in [-0.1, -0.05) is 0 Å². The lowest BCUT2D eigenvalue weighted by atomic mass is 10.2. The van der Waals surface area contributed by atoms with Crippen molar-refractivity contribution in [1.82, 2.24) is 14.8 Å². The molecule has 0 aliphatic heterocycles. The van der Waals surface area contributed by atoms with Gasteiger partial charge in [-0.05, 0) is 31.0 Å². The van der Waals surface area contributed by atoms with Gasteiger partial charge in [-0.3, -0.25) is 9.67 Å². The highest BCUT2D eigenvalue weighted by Gasteiger charge is 2.12. The Labute approximate surface area is 98.7 Å². The summed E-state index contributed by atoms with van der Waals surface area (Å²) in [5.41, 5.74) is 2.11. The summed E-state index contributed by atoms with van der Waals surface area (Å²) in [6.45, 7) is 2.44. The minimum Gasteiger partial charge on any atom is -0.478 e. The van der Waals surface area contributed by atoms with Crippen molar-refractivity contribution in [2.45, 2.75) is 19.9 Å². The predicted octanol–water partition coefficient (Wildman–Crippen LogP) is 1.53. The quantitative estimate of drug-likeness (QED) is 0.866. The van der Waals surface area contributed by atoms with Gasteiger partial charge in [-0.2, -0.15) is 5.10 Å². The lowest BCUT2D eigenvalue weighted by Gasteiger charge is -2.04. The molecule has 2 heterocycles. The summed E-state index contributed by atoms with van der Waals surface area (Å²) >= 11 is 0. The Morgan fingerprint density at radius 1 is 1.41 bits per heavy atom. The van der Waals surface area contributed by atoms with Crippen LogP contribution in [0, 0.1) is 6.92 Å². The van der Waals surface area contributed by atoms with E-state index in [1.807, 2.05) is 12.1 Å². The van der Waals surface area contributed by atoms with Gasteiger partial charge in [0.2, 0.25) is 0 Å². The Hall–Kier alpha value is -2.17. The summed E-state index contributed by atoms with van der Waals surface area (Å²) in [6, 6.07) is 3.88. The molecule has 2 rings (SSSR count). The fraction of sp³-hybridized carbons (Fsp3) is 0.250. The van der Waals surface area contributed by atoms with Crippen LogP contribution in [0.15, 0.2) is 30.7 Å². The SMILES string of the molecule is Cc1c(C(=O)O)cnn1CCc1ccncc1. The first kappa shape index (κ1) is 11.3. The van der Waals surface area contributed by atoms with Gasteiger partial charge < -0.3 is 5.11 Å². The standard InChI is InChI=1S/C12H13N3O2/c1-9-11(12(16)17)8-14-15(9)7-4-10-2-5-13-6-3-10/h2-3,5-6,8H,4,7H2,1H3,(H,16,17). The summed E-state index contributed by atoms with van der Waals surface area (Å²) in [6.07, 6.45) is 5.69. The van der Waals surface area contributed by atoms with E-state index in [0.717, 1.165) is 12.0 Å². The first-order valence-electron chi connectivity index (χ1n) is 5.33. The first-order valence-corrected chi connectivity index (χ1v) is 5.33. The molecule has 0 saturated carbocycles. The lowest BCUT2D eigenvalue weighted by molar-refractivity contribution is 0.0696. The average Bonchev–Trinajstić information content (AvgIpc) is 2.69. The van der Waals surface area contributed by atoms with Crippen molar-refractivity contribution in [2.24, 2.45) is 0 Å². The van der Waals surface area contributed by atoms with E-state index in [4.69, 9.17) is 5.11 Å². The smallest absolute Gasteiger partial charge is 0.339 e. The van der Waals surface area contributed by atoms with Crippen molar-refractivity contribution in [2.75, 3.05) is 0 Å². The third-order valence-electron chi connectivity index (χ3n) is 2.70. The molecule has 5 heteroatoms. The largest absolute Gasteiger partial charge is 0.478 e. The Morgan fingerprint density at radius 2 is 2.12 bits per heavy atom. The number of aromatic carboxylic acids is 1. The molecule has 0 radical (unpaired) electrons. The highest BCUT2D eigenvalue weighted by molar-refractivity contribution is 5.88. The molecule has 0 aliphatic rings. The van der Waals surface area contributed by atoms with Crippen molar-refractivity contribution < 1.29 is 9.90 Å². The van der Waals surface area contributed by atoms with E-state index in [1.165, 1.54) is 6.20 Å². The van der Waals surface area contributed by atoms with Gasteiger partial charge in [0.15, 0.2) is 0 Å². The molecule has 0 bridgehead atoms. The van der Waals surface area contributed by atoms with E-state index in [-0.39, 0.29) is 5.56 Å². The van der Waals surface area contributed by atoms with E-state index in [9.17, 15) is 4.79 Å². The molecule has 1 N–H and O–H groups in total. The normalized spacial score (nSPS) is 10.4. The van der Waals surface area contributed by atoms with Crippen LogP contribution in [-0.2, 0) is 13.0 Å². The van der Waals surface area contributed by atoms with Crippen LogP contribution in [-0.4, -0.2) is 25.8 Å². The maximum absolute atomic E-state index is 10.8. The highest BCUT2D eigenvalue weighted by Crippen LogP contribution is 2.08. The third kappa shape index (κ3) is 2.50. The number of carbonyl (C=O) groups is 1. The molecule has 0 atom stereocenters. The summed E-state index contributed by atoms with van der Waals surface area (Å²) in [5.74, 6) is -0.933. The van der Waals surface area contributed by atoms with Crippen LogP contribution in [0.2, 0.25) is 0 Å². The maximum atomic E-state index is 10.8. The van der Waals surface area contributed by atoms with Crippen molar-refractivity contribution in [1.29, 1.82) is 0 Å². The van der Waals surface area contributed by atoms with E-state index >= 15 is 0 Å². The highest BCUT2D eigenvalue weighted by atomic mass is 16.4. The molecule has 88 valence electrons. The van der Waals surface area contributed by atoms with Crippen LogP contribution in [0.4, 0.5) is 0 Å². The second kappa shape index (κ2) is 4.78. The molecule has 0 fully saturated rings. The number of hydrogen-bond donors (Lipinski definition) is 1. The molecule has 2 aromatic rings. The van der Waals surface area contributed by atoms with Gasteiger partial charge in [0.1, 0.15) is 5.56 Å². The van der Waals surface area contributed by atoms with Gasteiger partial charge >= 0.3 is 5.97 Å². The Bertz CT molecular complexity index is 520. The van der Waals surface area contributed by atoms with Crippen molar-refractivity contribution in [3.8, 4) is 0 Å². The molecule has 2 aromatic heterocycles. The minimum atomic E-state index is -0.933. The fourth-order valence-electron chi connectivity index (χ4n) is 1.67. The van der Waals surface area contributed by atoms with Gasteiger partial charge in [-0.15, -0.1) is 0 Å². The monoisotopic (exact) mass is 231 g/mol. The van der Waals surface area contributed by atoms with Crippen molar-refractivity contribution >= 4 is 5.97 Å². The lowest BCUT2D eigenvalue weighted by Crippen LogP contribution is -2.06. The number of carboxylic acids is 1. The topological polar surface area (TPSA) is 68.0 Å². The van der Waals surface area contributed by atoms with Gasteiger partial charge in [0, 0.05) is 24.6 Å². The molecule has 0 unspecified atom stereocenters. The molecule has 0 aliphatic carbocycles. The van der Waals surface area contributed by atoms with E-state index < -0.39 is 5.97 Å². The van der Waals surface area contributed by atoms with Crippen LogP contribution in [0.5, 0.6) is 0 Å². The van der Waals surface area contributed by atoms with Crippen LogP contribution in [0.1, 0.15) is 21.6 Å². The Balaban J connectivity index is 2.07. The Kier molecular flexibility index (Phi) is 3.18. The van der Waals surface area contributed by atoms with Crippen molar-refractivity contribution in [3.05, 3.63) is 47.5 Å².